The van der Waals surface area contributed by atoms with Gasteiger partial charge in [-0.15, -0.1) is 0 Å². The van der Waals surface area contributed by atoms with E-state index in [9.17, 15) is 24.3 Å². The van der Waals surface area contributed by atoms with Gasteiger partial charge in [0.15, 0.2) is 0 Å². The molecule has 4 N–H and O–H groups in total. The second-order valence-electron chi connectivity index (χ2n) is 12.9. The zero-order valence-corrected chi connectivity index (χ0v) is 26.8. The van der Waals surface area contributed by atoms with Crippen LogP contribution in [0.1, 0.15) is 57.6 Å². The van der Waals surface area contributed by atoms with E-state index in [-0.39, 0.29) is 50.7 Å². The number of rotatable bonds is 10. The average molecular weight is 632 g/mol. The van der Waals surface area contributed by atoms with Crippen LogP contribution in [0, 0.1) is 11.8 Å². The quantitative estimate of drug-likeness (QED) is 0.194. The number of amides is 2. The van der Waals surface area contributed by atoms with Crippen molar-refractivity contribution in [2.75, 3.05) is 13.2 Å². The van der Waals surface area contributed by atoms with Gasteiger partial charge in [-0.05, 0) is 63.6 Å². The number of aromatic amines is 1. The number of para-hydroxylation sites is 1. The molecule has 4 rings (SSSR count). The second kappa shape index (κ2) is 16.2. The molecule has 0 saturated carbocycles. The highest BCUT2D eigenvalue weighted by atomic mass is 16.6. The van der Waals surface area contributed by atoms with Crippen molar-refractivity contribution in [3.8, 4) is 0 Å². The first kappa shape index (κ1) is 34.4. The number of carbonyl (C=O) groups excluding carboxylic acids is 4. The van der Waals surface area contributed by atoms with Crippen LogP contribution < -0.4 is 10.6 Å². The smallest absolute Gasteiger partial charge is 0.309 e. The lowest BCUT2D eigenvalue weighted by molar-refractivity contribution is -0.161. The van der Waals surface area contributed by atoms with Gasteiger partial charge in [0.2, 0.25) is 11.8 Å². The summed E-state index contributed by atoms with van der Waals surface area (Å²) in [4.78, 5) is 55.8. The summed E-state index contributed by atoms with van der Waals surface area (Å²) >= 11 is 0. The Bertz CT molecular complexity index is 1510. The van der Waals surface area contributed by atoms with Crippen LogP contribution in [-0.2, 0) is 41.5 Å². The van der Waals surface area contributed by atoms with Gasteiger partial charge in [0, 0.05) is 23.5 Å². The van der Waals surface area contributed by atoms with E-state index in [2.05, 4.69) is 15.6 Å². The molecule has 0 radical (unpaired) electrons. The number of carbonyl (C=O) groups is 4. The number of aliphatic hydroxyl groups is 1. The molecule has 0 spiro atoms. The summed E-state index contributed by atoms with van der Waals surface area (Å²) in [6.07, 6.45) is 6.43. The largest absolute Gasteiger partial charge is 0.463 e. The van der Waals surface area contributed by atoms with Gasteiger partial charge < -0.3 is 30.2 Å². The van der Waals surface area contributed by atoms with Crippen molar-refractivity contribution in [2.45, 2.75) is 77.0 Å². The molecule has 0 bridgehead atoms. The highest BCUT2D eigenvalue weighted by Crippen LogP contribution is 2.22. The third-order valence-electron chi connectivity index (χ3n) is 7.80. The number of benzene rings is 2. The Kier molecular flexibility index (Phi) is 12.1. The number of esters is 2. The van der Waals surface area contributed by atoms with E-state index in [1.54, 1.807) is 32.9 Å². The summed E-state index contributed by atoms with van der Waals surface area (Å²) in [7, 11) is 0. The standard InChI is InChI=1S/C36H45N3O7/c1-36(2,3)46-33(42)20-26-14-8-7-13-25(19-32(41)38-28(22-40)17-24-11-5-4-6-12-24)34(43)39-29(23-45-35(26)44)18-27-21-37-31-16-10-9-15-30(27)31/h4-12,15-16,21,25-26,28-29,37,40H,13-14,17-20,22-23H2,1-3H3,(H,38,41)(H,39,43)/b8-7-/t25-,26+,28+,29+/m1/s1. The van der Waals surface area contributed by atoms with E-state index in [1.165, 1.54) is 0 Å². The number of H-pyrrole nitrogens is 1. The van der Waals surface area contributed by atoms with Gasteiger partial charge in [0.05, 0.1) is 36.9 Å². The topological polar surface area (TPSA) is 147 Å². The fourth-order valence-electron chi connectivity index (χ4n) is 5.56. The van der Waals surface area contributed by atoms with E-state index in [4.69, 9.17) is 9.47 Å². The summed E-state index contributed by atoms with van der Waals surface area (Å²) < 4.78 is 11.2. The van der Waals surface area contributed by atoms with Crippen molar-refractivity contribution >= 4 is 34.7 Å². The minimum Gasteiger partial charge on any atom is -0.463 e. The molecule has 1 aliphatic heterocycles. The van der Waals surface area contributed by atoms with E-state index in [0.717, 1.165) is 22.0 Å². The van der Waals surface area contributed by atoms with E-state index in [1.807, 2.05) is 60.8 Å². The minimum atomic E-state index is -0.764. The van der Waals surface area contributed by atoms with Crippen LogP contribution in [0.2, 0.25) is 0 Å². The molecule has 10 heteroatoms. The Morgan fingerprint density at radius 3 is 2.41 bits per heavy atom. The van der Waals surface area contributed by atoms with E-state index in [0.29, 0.717) is 12.8 Å². The van der Waals surface area contributed by atoms with Gasteiger partial charge >= 0.3 is 11.9 Å². The SMILES string of the molecule is CC(C)(C)OC(=O)C[C@@H]1C/C=C\C[C@H](CC(=O)N[C@H](CO)Cc2ccccc2)C(=O)N[C@@H](Cc2c[nH]c3ccccc23)COC1=O. The Morgan fingerprint density at radius 1 is 1.00 bits per heavy atom. The Hall–Kier alpha value is -4.44. The summed E-state index contributed by atoms with van der Waals surface area (Å²) in [5, 5.41) is 16.8. The van der Waals surface area contributed by atoms with Crippen molar-refractivity contribution in [1.82, 2.24) is 15.6 Å². The van der Waals surface area contributed by atoms with Crippen molar-refractivity contribution < 1.29 is 33.8 Å². The number of ether oxygens (including phenoxy) is 2. The molecule has 2 amide bonds. The predicted molar refractivity (Wildman–Crippen MR) is 174 cm³/mol. The number of hydrogen-bond acceptors (Lipinski definition) is 7. The maximum absolute atomic E-state index is 13.7. The molecule has 246 valence electrons. The van der Waals surface area contributed by atoms with Crippen molar-refractivity contribution in [3.05, 3.63) is 84.1 Å². The lowest BCUT2D eigenvalue weighted by atomic mass is 9.95. The van der Waals surface area contributed by atoms with Crippen molar-refractivity contribution in [1.29, 1.82) is 0 Å². The fourth-order valence-corrected chi connectivity index (χ4v) is 5.56. The normalized spacial score (nSPS) is 20.8. The van der Waals surface area contributed by atoms with E-state index >= 15 is 0 Å². The molecule has 0 saturated heterocycles. The number of fused-ring (bicyclic) bond motifs is 1. The van der Waals surface area contributed by atoms with Gasteiger partial charge in [-0.2, -0.15) is 0 Å². The van der Waals surface area contributed by atoms with Crippen LogP contribution in [0.15, 0.2) is 72.9 Å². The molecule has 2 heterocycles. The molecule has 46 heavy (non-hydrogen) atoms. The van der Waals surface area contributed by atoms with Crippen LogP contribution in [0.4, 0.5) is 0 Å². The number of allylic oxidation sites excluding steroid dienone is 2. The van der Waals surface area contributed by atoms with Crippen LogP contribution >= 0.6 is 0 Å². The molecular formula is C36H45N3O7. The molecule has 0 unspecified atom stereocenters. The van der Waals surface area contributed by atoms with E-state index < -0.39 is 41.5 Å². The molecule has 4 atom stereocenters. The van der Waals surface area contributed by atoms with Crippen molar-refractivity contribution in [2.24, 2.45) is 11.8 Å². The number of aromatic nitrogens is 1. The summed E-state index contributed by atoms with van der Waals surface area (Å²) in [5.41, 5.74) is 2.17. The Labute approximate surface area is 269 Å². The fraction of sp³-hybridized carbons (Fsp3) is 0.444. The molecule has 1 aromatic heterocycles. The summed E-state index contributed by atoms with van der Waals surface area (Å²) in [6.45, 7) is 4.95. The molecule has 3 aromatic rings. The predicted octanol–water partition coefficient (Wildman–Crippen LogP) is 4.16. The van der Waals surface area contributed by atoms with Gasteiger partial charge in [-0.3, -0.25) is 19.2 Å². The molecule has 10 nitrogen and oxygen atoms in total. The van der Waals surface area contributed by atoms with Crippen LogP contribution in [0.3, 0.4) is 0 Å². The summed E-state index contributed by atoms with van der Waals surface area (Å²) in [6, 6.07) is 16.3. The number of aliphatic hydroxyl groups excluding tert-OH is 1. The average Bonchev–Trinajstić information content (AvgIpc) is 3.41. The zero-order chi connectivity index (χ0) is 33.1. The number of hydrogen-bond donors (Lipinski definition) is 4. The molecule has 2 aromatic carbocycles. The van der Waals surface area contributed by atoms with Crippen LogP contribution in [0.25, 0.3) is 10.9 Å². The Morgan fingerprint density at radius 2 is 1.70 bits per heavy atom. The minimum absolute atomic E-state index is 0.0948. The monoisotopic (exact) mass is 631 g/mol. The van der Waals surface area contributed by atoms with Gasteiger partial charge in [-0.25, -0.2) is 0 Å². The van der Waals surface area contributed by atoms with Crippen LogP contribution in [0.5, 0.6) is 0 Å². The highest BCUT2D eigenvalue weighted by molar-refractivity contribution is 5.87. The van der Waals surface area contributed by atoms with Gasteiger partial charge in [0.1, 0.15) is 12.2 Å². The first-order valence-electron chi connectivity index (χ1n) is 15.8. The van der Waals surface area contributed by atoms with Crippen molar-refractivity contribution in [3.63, 3.8) is 0 Å². The molecule has 0 fully saturated rings. The summed E-state index contributed by atoms with van der Waals surface area (Å²) in [5.74, 6) is -3.20. The number of cyclic esters (lactones) is 1. The second-order valence-corrected chi connectivity index (χ2v) is 12.9. The lowest BCUT2D eigenvalue weighted by Gasteiger charge is -2.25. The number of nitrogens with one attached hydrogen (secondary N) is 3. The molecular weight excluding hydrogens is 586 g/mol. The molecule has 1 aliphatic rings. The first-order valence-corrected chi connectivity index (χ1v) is 15.8. The third kappa shape index (κ3) is 10.6. The lowest BCUT2D eigenvalue weighted by Crippen LogP contribution is -2.46. The van der Waals surface area contributed by atoms with Gasteiger partial charge in [-0.1, -0.05) is 60.7 Å². The zero-order valence-electron chi connectivity index (χ0n) is 26.8. The molecule has 0 aliphatic carbocycles. The maximum Gasteiger partial charge on any atom is 0.309 e. The van der Waals surface area contributed by atoms with Crippen LogP contribution in [-0.4, -0.2) is 64.7 Å². The third-order valence-corrected chi connectivity index (χ3v) is 7.80. The maximum atomic E-state index is 13.7. The highest BCUT2D eigenvalue weighted by Gasteiger charge is 2.30. The first-order chi connectivity index (χ1) is 22.0. The Balaban J connectivity index is 1.52. The van der Waals surface area contributed by atoms with Gasteiger partial charge in [0.25, 0.3) is 0 Å².